The summed E-state index contributed by atoms with van der Waals surface area (Å²) in [6, 6.07) is 0.278. The Labute approximate surface area is 120 Å². The Morgan fingerprint density at radius 2 is 2.05 bits per heavy atom. The summed E-state index contributed by atoms with van der Waals surface area (Å²) in [5.41, 5.74) is 0. The Bertz CT molecular complexity index is 289. The molecule has 2 fully saturated rings. The molecular formula is C14H26N2O2S. The average Bonchev–Trinajstić information content (AvgIpc) is 2.40. The number of rotatable bonds is 6. The van der Waals surface area contributed by atoms with Crippen LogP contribution in [0.1, 0.15) is 32.1 Å². The van der Waals surface area contributed by atoms with Gasteiger partial charge in [-0.15, -0.1) is 0 Å². The van der Waals surface area contributed by atoms with E-state index in [1.165, 1.54) is 0 Å². The molecule has 0 radical (unpaired) electrons. The molecule has 3 N–H and O–H groups in total. The lowest BCUT2D eigenvalue weighted by molar-refractivity contribution is -0.123. The Morgan fingerprint density at radius 1 is 1.37 bits per heavy atom. The number of thioether (sulfide) groups is 1. The first-order valence-corrected chi connectivity index (χ1v) is 8.77. The van der Waals surface area contributed by atoms with E-state index in [0.717, 1.165) is 44.5 Å². The molecule has 1 heterocycles. The summed E-state index contributed by atoms with van der Waals surface area (Å²) in [4.78, 5) is 12.0. The lowest BCUT2D eigenvalue weighted by Crippen LogP contribution is -2.52. The second kappa shape index (κ2) is 7.50. The van der Waals surface area contributed by atoms with Gasteiger partial charge < -0.3 is 15.7 Å². The topological polar surface area (TPSA) is 61.4 Å². The van der Waals surface area contributed by atoms with Gasteiger partial charge in [0.25, 0.3) is 0 Å². The lowest BCUT2D eigenvalue weighted by atomic mass is 9.71. The van der Waals surface area contributed by atoms with E-state index >= 15 is 0 Å². The van der Waals surface area contributed by atoms with Crippen LogP contribution in [-0.4, -0.2) is 48.3 Å². The summed E-state index contributed by atoms with van der Waals surface area (Å²) < 4.78 is 0. The summed E-state index contributed by atoms with van der Waals surface area (Å²) in [5.74, 6) is 2.13. The zero-order chi connectivity index (χ0) is 13.7. The quantitative estimate of drug-likeness (QED) is 0.681. The molecule has 5 heteroatoms. The number of hydrogen-bond acceptors (Lipinski definition) is 4. The predicted molar refractivity (Wildman–Crippen MR) is 79.3 cm³/mol. The predicted octanol–water partition coefficient (Wildman–Crippen LogP) is 0.995. The molecule has 0 spiro atoms. The van der Waals surface area contributed by atoms with Gasteiger partial charge in [0.05, 0.1) is 6.10 Å². The van der Waals surface area contributed by atoms with Crippen LogP contribution in [0.4, 0.5) is 0 Å². The Kier molecular flexibility index (Phi) is 5.98. The molecule has 4 nitrogen and oxygen atoms in total. The maximum absolute atomic E-state index is 12.0. The zero-order valence-corrected chi connectivity index (χ0v) is 12.5. The van der Waals surface area contributed by atoms with Crippen molar-refractivity contribution < 1.29 is 9.90 Å². The van der Waals surface area contributed by atoms with Crippen LogP contribution in [-0.2, 0) is 4.79 Å². The average molecular weight is 286 g/mol. The molecule has 110 valence electrons. The Balaban J connectivity index is 1.87. The summed E-state index contributed by atoms with van der Waals surface area (Å²) in [5, 5.41) is 16.1. The number of aliphatic hydroxyl groups is 1. The largest absolute Gasteiger partial charge is 0.393 e. The van der Waals surface area contributed by atoms with Crippen LogP contribution >= 0.6 is 11.8 Å². The number of carbonyl (C=O) groups is 1. The van der Waals surface area contributed by atoms with E-state index < -0.39 is 0 Å². The van der Waals surface area contributed by atoms with E-state index in [0.29, 0.717) is 18.3 Å². The van der Waals surface area contributed by atoms with Crippen molar-refractivity contribution in [2.45, 2.75) is 44.2 Å². The first-order chi connectivity index (χ1) is 9.20. The van der Waals surface area contributed by atoms with Gasteiger partial charge >= 0.3 is 0 Å². The van der Waals surface area contributed by atoms with E-state index in [1.807, 2.05) is 6.26 Å². The molecule has 1 atom stereocenters. The van der Waals surface area contributed by atoms with E-state index in [2.05, 4.69) is 10.6 Å². The fourth-order valence-corrected chi connectivity index (χ4v) is 3.59. The molecule has 1 aliphatic carbocycles. The number of amides is 1. The highest BCUT2D eigenvalue weighted by molar-refractivity contribution is 7.98. The molecule has 19 heavy (non-hydrogen) atoms. The highest BCUT2D eigenvalue weighted by Gasteiger charge is 2.38. The number of hydrogen-bond donors (Lipinski definition) is 3. The maximum atomic E-state index is 12.0. The fraction of sp³-hybridized carbons (Fsp3) is 0.929. The molecule has 0 aromatic carbocycles. The molecule has 0 aromatic heterocycles. The Morgan fingerprint density at radius 3 is 2.63 bits per heavy atom. The molecule has 2 aliphatic rings. The van der Waals surface area contributed by atoms with Crippen molar-refractivity contribution in [3.8, 4) is 0 Å². The van der Waals surface area contributed by atoms with Crippen LogP contribution in [0.25, 0.3) is 0 Å². The van der Waals surface area contributed by atoms with Gasteiger partial charge in [0.1, 0.15) is 0 Å². The maximum Gasteiger partial charge on any atom is 0.221 e. The van der Waals surface area contributed by atoms with E-state index in [-0.39, 0.29) is 18.1 Å². The van der Waals surface area contributed by atoms with Gasteiger partial charge in [-0.05, 0) is 56.9 Å². The van der Waals surface area contributed by atoms with Crippen LogP contribution in [0.3, 0.4) is 0 Å². The Hall–Kier alpha value is -0.260. The van der Waals surface area contributed by atoms with Crippen LogP contribution < -0.4 is 10.6 Å². The standard InChI is InChI=1S/C14H26N2O2S/c1-19-7-4-13(18)16-14(11-8-12(17)9-11)10-2-5-15-6-3-10/h10-12,14-15,17H,2-9H2,1H3,(H,16,18)/t11?,12?,14-/m0/s1. The normalized spacial score (nSPS) is 29.6. The van der Waals surface area contributed by atoms with Crippen molar-refractivity contribution in [3.63, 3.8) is 0 Å². The van der Waals surface area contributed by atoms with Gasteiger partial charge in [0.15, 0.2) is 0 Å². The van der Waals surface area contributed by atoms with Crippen molar-refractivity contribution >= 4 is 17.7 Å². The molecule has 0 aromatic rings. The summed E-state index contributed by atoms with van der Waals surface area (Å²) in [6.45, 7) is 2.11. The highest BCUT2D eigenvalue weighted by Crippen LogP contribution is 2.35. The van der Waals surface area contributed by atoms with E-state index in [9.17, 15) is 9.90 Å². The third kappa shape index (κ3) is 4.36. The van der Waals surface area contributed by atoms with Gasteiger partial charge in [-0.2, -0.15) is 11.8 Å². The van der Waals surface area contributed by atoms with Gasteiger partial charge in [-0.25, -0.2) is 0 Å². The summed E-state index contributed by atoms with van der Waals surface area (Å²) in [7, 11) is 0. The summed E-state index contributed by atoms with van der Waals surface area (Å²) in [6.07, 6.45) is 6.49. The summed E-state index contributed by atoms with van der Waals surface area (Å²) >= 11 is 1.71. The number of aliphatic hydroxyl groups excluding tert-OH is 1. The van der Waals surface area contributed by atoms with Crippen LogP contribution in [0.15, 0.2) is 0 Å². The van der Waals surface area contributed by atoms with Gasteiger partial charge in [-0.1, -0.05) is 0 Å². The first-order valence-electron chi connectivity index (χ1n) is 7.37. The van der Waals surface area contributed by atoms with Crippen LogP contribution in [0.5, 0.6) is 0 Å². The first kappa shape index (κ1) is 15.1. The van der Waals surface area contributed by atoms with Gasteiger partial charge in [0.2, 0.25) is 5.91 Å². The SMILES string of the molecule is CSCCC(=O)N[C@@H](C1CCNCC1)C1CC(O)C1. The zero-order valence-electron chi connectivity index (χ0n) is 11.7. The molecule has 0 unspecified atom stereocenters. The molecule has 1 aliphatic heterocycles. The molecule has 1 saturated heterocycles. The number of piperidine rings is 1. The van der Waals surface area contributed by atoms with Crippen molar-refractivity contribution in [2.75, 3.05) is 25.1 Å². The minimum absolute atomic E-state index is 0.141. The second-order valence-electron chi connectivity index (χ2n) is 5.81. The fourth-order valence-electron chi connectivity index (χ4n) is 3.20. The van der Waals surface area contributed by atoms with Crippen LogP contribution in [0, 0.1) is 11.8 Å². The molecule has 2 rings (SSSR count). The molecule has 1 saturated carbocycles. The van der Waals surface area contributed by atoms with E-state index in [1.54, 1.807) is 11.8 Å². The minimum atomic E-state index is -0.141. The number of nitrogens with one attached hydrogen (secondary N) is 2. The molecule has 1 amide bonds. The van der Waals surface area contributed by atoms with Gasteiger partial charge in [-0.3, -0.25) is 4.79 Å². The molecular weight excluding hydrogens is 260 g/mol. The minimum Gasteiger partial charge on any atom is -0.393 e. The van der Waals surface area contributed by atoms with Crippen molar-refractivity contribution in [2.24, 2.45) is 11.8 Å². The third-order valence-electron chi connectivity index (χ3n) is 4.41. The molecule has 0 bridgehead atoms. The number of carbonyl (C=O) groups excluding carboxylic acids is 1. The lowest BCUT2D eigenvalue weighted by Gasteiger charge is -2.43. The van der Waals surface area contributed by atoms with E-state index in [4.69, 9.17) is 0 Å². The second-order valence-corrected chi connectivity index (χ2v) is 6.79. The highest BCUT2D eigenvalue weighted by atomic mass is 32.2. The van der Waals surface area contributed by atoms with Gasteiger partial charge in [0, 0.05) is 18.2 Å². The monoisotopic (exact) mass is 286 g/mol. The third-order valence-corrected chi connectivity index (χ3v) is 5.02. The van der Waals surface area contributed by atoms with Crippen molar-refractivity contribution in [1.82, 2.24) is 10.6 Å². The van der Waals surface area contributed by atoms with Crippen molar-refractivity contribution in [3.05, 3.63) is 0 Å². The van der Waals surface area contributed by atoms with Crippen molar-refractivity contribution in [1.29, 1.82) is 0 Å². The van der Waals surface area contributed by atoms with Crippen LogP contribution in [0.2, 0.25) is 0 Å². The smallest absolute Gasteiger partial charge is 0.221 e.